The maximum absolute atomic E-state index is 12.6. The van der Waals surface area contributed by atoms with Gasteiger partial charge in [0.1, 0.15) is 0 Å². The van der Waals surface area contributed by atoms with E-state index in [2.05, 4.69) is 22.5 Å². The minimum absolute atomic E-state index is 0.0252. The highest BCUT2D eigenvalue weighted by molar-refractivity contribution is 5.94. The second-order valence-electron chi connectivity index (χ2n) is 6.20. The molecule has 120 valence electrons. The van der Waals surface area contributed by atoms with Gasteiger partial charge in [0, 0.05) is 18.0 Å². The Balaban J connectivity index is 1.51. The third-order valence-electron chi connectivity index (χ3n) is 4.44. The maximum Gasteiger partial charge on any atom is 0.251 e. The van der Waals surface area contributed by atoms with Gasteiger partial charge in [-0.1, -0.05) is 30.3 Å². The Morgan fingerprint density at radius 3 is 2.42 bits per heavy atom. The molecule has 4 nitrogen and oxygen atoms in total. The molecule has 1 amide bonds. The number of nitrogens with one attached hydrogen (secondary N) is 1. The number of nitrogens with zero attached hydrogens (tertiary/aromatic N) is 2. The van der Waals surface area contributed by atoms with Crippen LogP contribution in [0.15, 0.2) is 73.1 Å². The van der Waals surface area contributed by atoms with Crippen molar-refractivity contribution >= 4 is 5.91 Å². The van der Waals surface area contributed by atoms with Gasteiger partial charge in [0.2, 0.25) is 0 Å². The summed E-state index contributed by atoms with van der Waals surface area (Å²) in [6.07, 6.45) is 5.98. The van der Waals surface area contributed by atoms with Crippen LogP contribution in [-0.4, -0.2) is 15.7 Å². The molecular formula is C20H19N3O. The van der Waals surface area contributed by atoms with Gasteiger partial charge < -0.3 is 5.32 Å². The molecule has 0 bridgehead atoms. The molecule has 4 heteroatoms. The first-order chi connectivity index (χ1) is 11.8. The lowest BCUT2D eigenvalue weighted by Gasteiger charge is -2.19. The van der Waals surface area contributed by atoms with Crippen LogP contribution in [0.5, 0.6) is 0 Å². The summed E-state index contributed by atoms with van der Waals surface area (Å²) in [5, 5.41) is 7.40. The van der Waals surface area contributed by atoms with Crippen molar-refractivity contribution in [1.29, 1.82) is 0 Å². The van der Waals surface area contributed by atoms with E-state index in [4.69, 9.17) is 0 Å². The Morgan fingerprint density at radius 1 is 1.04 bits per heavy atom. The smallest absolute Gasteiger partial charge is 0.251 e. The molecule has 1 N–H and O–H groups in total. The van der Waals surface area contributed by atoms with E-state index in [1.54, 1.807) is 10.9 Å². The molecule has 4 rings (SSSR count). The third kappa shape index (κ3) is 3.08. The number of hydrogen-bond acceptors (Lipinski definition) is 2. The molecule has 0 spiro atoms. The van der Waals surface area contributed by atoms with Gasteiger partial charge >= 0.3 is 0 Å². The van der Waals surface area contributed by atoms with Crippen LogP contribution in [0.25, 0.3) is 5.69 Å². The predicted octanol–water partition coefficient (Wildman–Crippen LogP) is 3.75. The van der Waals surface area contributed by atoms with Crippen molar-refractivity contribution in [3.05, 3.63) is 84.2 Å². The molecule has 1 aliphatic carbocycles. The molecule has 1 saturated carbocycles. The van der Waals surface area contributed by atoms with Crippen LogP contribution < -0.4 is 5.32 Å². The second kappa shape index (κ2) is 6.32. The Labute approximate surface area is 141 Å². The molecule has 1 aliphatic rings. The maximum atomic E-state index is 12.6. The van der Waals surface area contributed by atoms with Crippen LogP contribution in [-0.2, 0) is 0 Å². The van der Waals surface area contributed by atoms with Crippen molar-refractivity contribution < 1.29 is 4.79 Å². The van der Waals surface area contributed by atoms with E-state index in [-0.39, 0.29) is 11.9 Å². The molecule has 1 aromatic heterocycles. The summed E-state index contributed by atoms with van der Waals surface area (Å²) in [5.74, 6) is 0.530. The SMILES string of the molecule is O=C(NC(c1ccccc1)C1CC1)c1ccc(-n2cccn2)cc1. The zero-order valence-corrected chi connectivity index (χ0v) is 13.3. The summed E-state index contributed by atoms with van der Waals surface area (Å²) < 4.78 is 1.78. The molecule has 0 radical (unpaired) electrons. The molecule has 0 aliphatic heterocycles. The van der Waals surface area contributed by atoms with Gasteiger partial charge in [-0.15, -0.1) is 0 Å². The second-order valence-corrected chi connectivity index (χ2v) is 6.20. The number of benzene rings is 2. The van der Waals surface area contributed by atoms with Gasteiger partial charge in [0.05, 0.1) is 11.7 Å². The summed E-state index contributed by atoms with van der Waals surface area (Å²) >= 11 is 0. The normalized spacial score (nSPS) is 15.0. The van der Waals surface area contributed by atoms with Gasteiger partial charge in [0.25, 0.3) is 5.91 Å². The van der Waals surface area contributed by atoms with E-state index in [0.717, 1.165) is 5.69 Å². The van der Waals surface area contributed by atoms with Crippen LogP contribution in [0.4, 0.5) is 0 Å². The van der Waals surface area contributed by atoms with E-state index >= 15 is 0 Å². The first-order valence-electron chi connectivity index (χ1n) is 8.27. The lowest BCUT2D eigenvalue weighted by Crippen LogP contribution is -2.29. The van der Waals surface area contributed by atoms with E-state index in [1.165, 1.54) is 18.4 Å². The number of carbonyl (C=O) groups excluding carboxylic acids is 1. The summed E-state index contributed by atoms with van der Waals surface area (Å²) in [6, 6.07) is 19.7. The van der Waals surface area contributed by atoms with Crippen molar-refractivity contribution in [1.82, 2.24) is 15.1 Å². The van der Waals surface area contributed by atoms with Crippen molar-refractivity contribution in [2.24, 2.45) is 5.92 Å². The minimum Gasteiger partial charge on any atom is -0.345 e. The van der Waals surface area contributed by atoms with Gasteiger partial charge in [-0.3, -0.25) is 4.79 Å². The number of aromatic nitrogens is 2. The van der Waals surface area contributed by atoms with Gasteiger partial charge in [0.15, 0.2) is 0 Å². The van der Waals surface area contributed by atoms with Gasteiger partial charge in [-0.2, -0.15) is 5.10 Å². The summed E-state index contributed by atoms with van der Waals surface area (Å²) in [7, 11) is 0. The van der Waals surface area contributed by atoms with Crippen molar-refractivity contribution in [2.45, 2.75) is 18.9 Å². The van der Waals surface area contributed by atoms with Crippen molar-refractivity contribution in [3.63, 3.8) is 0 Å². The van der Waals surface area contributed by atoms with Crippen LogP contribution in [0, 0.1) is 5.92 Å². The number of hydrogen-bond donors (Lipinski definition) is 1. The molecule has 3 aromatic rings. The Bertz CT molecular complexity index is 806. The van der Waals surface area contributed by atoms with E-state index in [9.17, 15) is 4.79 Å². The fourth-order valence-corrected chi connectivity index (χ4v) is 2.97. The highest BCUT2D eigenvalue weighted by Crippen LogP contribution is 2.41. The summed E-state index contributed by atoms with van der Waals surface area (Å²) in [5.41, 5.74) is 2.80. The average Bonchev–Trinajstić information content (AvgIpc) is 3.33. The Kier molecular flexibility index (Phi) is 3.87. The first kappa shape index (κ1) is 14.7. The molecule has 24 heavy (non-hydrogen) atoms. The molecule has 1 unspecified atom stereocenters. The lowest BCUT2D eigenvalue weighted by molar-refractivity contribution is 0.0931. The third-order valence-corrected chi connectivity index (χ3v) is 4.44. The highest BCUT2D eigenvalue weighted by atomic mass is 16.1. The summed E-state index contributed by atoms with van der Waals surface area (Å²) in [6.45, 7) is 0. The zero-order chi connectivity index (χ0) is 16.4. The quantitative estimate of drug-likeness (QED) is 0.779. The Morgan fingerprint density at radius 2 is 1.79 bits per heavy atom. The van der Waals surface area contributed by atoms with Crippen LogP contribution >= 0.6 is 0 Å². The monoisotopic (exact) mass is 317 g/mol. The number of carbonyl (C=O) groups is 1. The van der Waals surface area contributed by atoms with Gasteiger partial charge in [-0.05, 0) is 54.7 Å². The summed E-state index contributed by atoms with van der Waals surface area (Å²) in [4.78, 5) is 12.6. The van der Waals surface area contributed by atoms with Crippen molar-refractivity contribution in [3.8, 4) is 5.69 Å². The Hall–Kier alpha value is -2.88. The lowest BCUT2D eigenvalue weighted by atomic mass is 10.0. The zero-order valence-electron chi connectivity index (χ0n) is 13.3. The van der Waals surface area contributed by atoms with E-state index in [0.29, 0.717) is 11.5 Å². The number of amides is 1. The largest absolute Gasteiger partial charge is 0.345 e. The molecule has 1 atom stereocenters. The molecular weight excluding hydrogens is 298 g/mol. The van der Waals surface area contributed by atoms with Crippen LogP contribution in [0.2, 0.25) is 0 Å². The fraction of sp³-hybridized carbons (Fsp3) is 0.200. The van der Waals surface area contributed by atoms with Crippen molar-refractivity contribution in [2.75, 3.05) is 0 Å². The minimum atomic E-state index is -0.0252. The van der Waals surface area contributed by atoms with E-state index in [1.807, 2.05) is 54.7 Å². The van der Waals surface area contributed by atoms with E-state index < -0.39 is 0 Å². The molecule has 1 fully saturated rings. The molecule has 2 aromatic carbocycles. The highest BCUT2D eigenvalue weighted by Gasteiger charge is 2.33. The first-order valence-corrected chi connectivity index (χ1v) is 8.27. The van der Waals surface area contributed by atoms with Gasteiger partial charge in [-0.25, -0.2) is 4.68 Å². The van der Waals surface area contributed by atoms with Crippen LogP contribution in [0.1, 0.15) is 34.8 Å². The molecule has 1 heterocycles. The predicted molar refractivity (Wildman–Crippen MR) is 92.9 cm³/mol. The average molecular weight is 317 g/mol. The number of rotatable bonds is 5. The fourth-order valence-electron chi connectivity index (χ4n) is 2.97. The molecule has 0 saturated heterocycles. The standard InChI is InChI=1S/C20H19N3O/c24-20(17-9-11-18(12-10-17)23-14-4-13-21-23)22-19(16-7-8-16)15-5-2-1-3-6-15/h1-6,9-14,16,19H,7-8H2,(H,22,24). The topological polar surface area (TPSA) is 46.9 Å². The van der Waals surface area contributed by atoms with Crippen LogP contribution in [0.3, 0.4) is 0 Å².